The molecule has 0 fully saturated rings. The van der Waals surface area contributed by atoms with Gasteiger partial charge in [-0.2, -0.15) is 0 Å². The SMILES string of the molecule is CC(C)(C)NCC1CCCc2sc(CSC(C)(C)C)nc21. The minimum atomic E-state index is 0.193. The van der Waals surface area contributed by atoms with E-state index in [1.165, 1.54) is 30.0 Å². The van der Waals surface area contributed by atoms with Gasteiger partial charge >= 0.3 is 0 Å². The maximum absolute atomic E-state index is 4.99. The highest BCUT2D eigenvalue weighted by Gasteiger charge is 2.26. The van der Waals surface area contributed by atoms with Crippen LogP contribution in [0.1, 0.15) is 75.9 Å². The van der Waals surface area contributed by atoms with E-state index >= 15 is 0 Å². The Morgan fingerprint density at radius 3 is 2.57 bits per heavy atom. The Balaban J connectivity index is 2.03. The van der Waals surface area contributed by atoms with Gasteiger partial charge in [0.25, 0.3) is 0 Å². The Hall–Kier alpha value is -0.0600. The molecule has 1 atom stereocenters. The van der Waals surface area contributed by atoms with E-state index in [0.29, 0.717) is 10.7 Å². The van der Waals surface area contributed by atoms with Crippen molar-refractivity contribution in [2.75, 3.05) is 6.54 Å². The summed E-state index contributed by atoms with van der Waals surface area (Å²) in [7, 11) is 0. The molecule has 0 aromatic carbocycles. The molecule has 1 aliphatic carbocycles. The Morgan fingerprint density at radius 1 is 1.24 bits per heavy atom. The molecular formula is C17H30N2S2. The molecule has 0 bridgehead atoms. The molecule has 0 saturated heterocycles. The van der Waals surface area contributed by atoms with Gasteiger partial charge in [-0.3, -0.25) is 0 Å². The number of thiazole rings is 1. The summed E-state index contributed by atoms with van der Waals surface area (Å²) in [6, 6.07) is 0. The topological polar surface area (TPSA) is 24.9 Å². The van der Waals surface area contributed by atoms with Crippen molar-refractivity contribution in [1.29, 1.82) is 0 Å². The minimum Gasteiger partial charge on any atom is -0.311 e. The molecule has 1 heterocycles. The maximum Gasteiger partial charge on any atom is 0.103 e. The molecule has 1 unspecified atom stereocenters. The Morgan fingerprint density at radius 2 is 1.95 bits per heavy atom. The number of nitrogens with zero attached hydrogens (tertiary/aromatic N) is 1. The number of rotatable bonds is 4. The van der Waals surface area contributed by atoms with E-state index in [2.05, 4.69) is 46.9 Å². The molecule has 0 aliphatic heterocycles. The molecule has 1 aromatic heterocycles. The predicted molar refractivity (Wildman–Crippen MR) is 96.6 cm³/mol. The normalized spacial score (nSPS) is 19.6. The van der Waals surface area contributed by atoms with Crippen molar-refractivity contribution >= 4 is 23.1 Å². The molecular weight excluding hydrogens is 296 g/mol. The van der Waals surface area contributed by atoms with Crippen LogP contribution >= 0.6 is 23.1 Å². The molecule has 2 nitrogen and oxygen atoms in total. The number of fused-ring (bicyclic) bond motifs is 1. The minimum absolute atomic E-state index is 0.193. The van der Waals surface area contributed by atoms with Crippen LogP contribution in [-0.2, 0) is 12.2 Å². The monoisotopic (exact) mass is 326 g/mol. The van der Waals surface area contributed by atoms with E-state index in [1.54, 1.807) is 4.88 Å². The fourth-order valence-corrected chi connectivity index (χ4v) is 4.55. The first-order chi connectivity index (χ1) is 9.64. The molecule has 0 spiro atoms. The second kappa shape index (κ2) is 6.59. The summed E-state index contributed by atoms with van der Waals surface area (Å²) < 4.78 is 0.319. The van der Waals surface area contributed by atoms with Gasteiger partial charge in [-0.05, 0) is 40.0 Å². The first-order valence-electron chi connectivity index (χ1n) is 8.01. The molecule has 2 rings (SSSR count). The van der Waals surface area contributed by atoms with Crippen LogP contribution in [0.2, 0.25) is 0 Å². The van der Waals surface area contributed by atoms with Gasteiger partial charge < -0.3 is 5.32 Å². The highest BCUT2D eigenvalue weighted by Crippen LogP contribution is 2.37. The van der Waals surface area contributed by atoms with Crippen molar-refractivity contribution in [3.8, 4) is 0 Å². The Labute approximate surface area is 138 Å². The van der Waals surface area contributed by atoms with Crippen LogP contribution in [0, 0.1) is 0 Å². The Bertz CT molecular complexity index is 466. The first kappa shape index (κ1) is 17.3. The van der Waals surface area contributed by atoms with Gasteiger partial charge in [0, 0.05) is 33.4 Å². The van der Waals surface area contributed by atoms with Gasteiger partial charge in [-0.1, -0.05) is 20.8 Å². The average molecular weight is 327 g/mol. The molecule has 120 valence electrons. The molecule has 0 saturated carbocycles. The van der Waals surface area contributed by atoms with Crippen LogP contribution in [0.3, 0.4) is 0 Å². The summed E-state index contributed by atoms with van der Waals surface area (Å²) in [5, 5.41) is 4.98. The van der Waals surface area contributed by atoms with Gasteiger partial charge in [-0.25, -0.2) is 4.98 Å². The van der Waals surface area contributed by atoms with Gasteiger partial charge in [0.1, 0.15) is 5.01 Å². The summed E-state index contributed by atoms with van der Waals surface area (Å²) >= 11 is 3.95. The van der Waals surface area contributed by atoms with Gasteiger partial charge in [0.2, 0.25) is 0 Å². The van der Waals surface area contributed by atoms with Gasteiger partial charge in [0.15, 0.2) is 0 Å². The lowest BCUT2D eigenvalue weighted by Gasteiger charge is -2.27. The summed E-state index contributed by atoms with van der Waals surface area (Å²) in [6.45, 7) is 14.6. The zero-order valence-corrected chi connectivity index (χ0v) is 16.0. The lowest BCUT2D eigenvalue weighted by Crippen LogP contribution is -2.39. The van der Waals surface area contributed by atoms with E-state index in [0.717, 1.165) is 12.3 Å². The van der Waals surface area contributed by atoms with E-state index in [4.69, 9.17) is 4.98 Å². The third-order valence-corrected chi connectivity index (χ3v) is 6.22. The van der Waals surface area contributed by atoms with E-state index in [-0.39, 0.29) is 5.54 Å². The lowest BCUT2D eigenvalue weighted by molar-refractivity contribution is 0.388. The largest absolute Gasteiger partial charge is 0.311 e. The van der Waals surface area contributed by atoms with Gasteiger partial charge in [0.05, 0.1) is 5.69 Å². The fraction of sp³-hybridized carbons (Fsp3) is 0.824. The molecule has 1 aliphatic rings. The van der Waals surface area contributed by atoms with E-state index < -0.39 is 0 Å². The van der Waals surface area contributed by atoms with Crippen molar-refractivity contribution in [2.24, 2.45) is 0 Å². The van der Waals surface area contributed by atoms with Crippen LogP contribution in [0.15, 0.2) is 0 Å². The van der Waals surface area contributed by atoms with Crippen LogP contribution in [0.4, 0.5) is 0 Å². The highest BCUT2D eigenvalue weighted by atomic mass is 32.2. The molecule has 1 aromatic rings. The van der Waals surface area contributed by atoms with Crippen molar-refractivity contribution in [3.05, 3.63) is 15.6 Å². The summed E-state index contributed by atoms with van der Waals surface area (Å²) in [4.78, 5) is 6.54. The number of hydrogen-bond donors (Lipinski definition) is 1. The third-order valence-electron chi connectivity index (χ3n) is 3.62. The fourth-order valence-electron chi connectivity index (χ4n) is 2.53. The highest BCUT2D eigenvalue weighted by molar-refractivity contribution is 7.99. The number of aryl methyl sites for hydroxylation is 1. The second-order valence-electron chi connectivity index (χ2n) is 8.04. The number of thioether (sulfide) groups is 1. The summed E-state index contributed by atoms with van der Waals surface area (Å²) in [5.41, 5.74) is 1.59. The van der Waals surface area contributed by atoms with Crippen molar-refractivity contribution < 1.29 is 0 Å². The quantitative estimate of drug-likeness (QED) is 0.844. The maximum atomic E-state index is 4.99. The van der Waals surface area contributed by atoms with E-state index in [9.17, 15) is 0 Å². The molecule has 0 amide bonds. The zero-order chi connectivity index (χ0) is 15.7. The average Bonchev–Trinajstić information content (AvgIpc) is 2.75. The first-order valence-corrected chi connectivity index (χ1v) is 9.82. The van der Waals surface area contributed by atoms with Crippen molar-refractivity contribution in [3.63, 3.8) is 0 Å². The van der Waals surface area contributed by atoms with Crippen molar-refractivity contribution in [2.45, 2.75) is 82.8 Å². The Kier molecular flexibility index (Phi) is 5.43. The second-order valence-corrected chi connectivity index (χ2v) is 11.0. The molecule has 0 radical (unpaired) electrons. The number of nitrogens with one attached hydrogen (secondary N) is 1. The lowest BCUT2D eigenvalue weighted by atomic mass is 9.90. The van der Waals surface area contributed by atoms with Crippen LogP contribution in [0.25, 0.3) is 0 Å². The summed E-state index contributed by atoms with van der Waals surface area (Å²) in [6.07, 6.45) is 3.84. The van der Waals surface area contributed by atoms with Gasteiger partial charge in [-0.15, -0.1) is 23.1 Å². The van der Waals surface area contributed by atoms with Crippen LogP contribution < -0.4 is 5.32 Å². The standard InChI is InChI=1S/C17H30N2S2/c1-16(2,3)18-10-12-8-7-9-13-15(12)19-14(21-13)11-20-17(4,5)6/h12,18H,7-11H2,1-6H3. The zero-order valence-electron chi connectivity index (χ0n) is 14.4. The number of aromatic nitrogens is 1. The van der Waals surface area contributed by atoms with Crippen LogP contribution in [0.5, 0.6) is 0 Å². The van der Waals surface area contributed by atoms with E-state index in [1.807, 2.05) is 23.1 Å². The predicted octanol–water partition coefficient (Wildman–Crippen LogP) is 4.98. The van der Waals surface area contributed by atoms with Crippen molar-refractivity contribution in [1.82, 2.24) is 10.3 Å². The number of hydrogen-bond acceptors (Lipinski definition) is 4. The molecule has 4 heteroatoms. The molecule has 1 N–H and O–H groups in total. The third kappa shape index (κ3) is 5.57. The molecule has 21 heavy (non-hydrogen) atoms. The smallest absolute Gasteiger partial charge is 0.103 e. The van der Waals surface area contributed by atoms with Crippen LogP contribution in [-0.4, -0.2) is 21.8 Å². The summed E-state index contributed by atoms with van der Waals surface area (Å²) in [5.74, 6) is 1.67.